The van der Waals surface area contributed by atoms with Gasteiger partial charge in [-0.2, -0.15) is 0 Å². The zero-order valence-electron chi connectivity index (χ0n) is 35.1. The lowest BCUT2D eigenvalue weighted by Gasteiger charge is -2.32. The number of hydrogen-bond donors (Lipinski definition) is 0. The summed E-state index contributed by atoms with van der Waals surface area (Å²) in [4.78, 5) is 10.3. The van der Waals surface area contributed by atoms with Crippen molar-refractivity contribution in [3.05, 3.63) is 209 Å². The van der Waals surface area contributed by atoms with E-state index >= 15 is 0 Å². The molecule has 9 aromatic rings. The molecule has 1 aromatic heterocycles. The van der Waals surface area contributed by atoms with Gasteiger partial charge in [0.15, 0.2) is 0 Å². The van der Waals surface area contributed by atoms with Crippen LogP contribution in [0.5, 0.6) is 0 Å². The first-order chi connectivity index (χ1) is 29.1. The number of fused-ring (bicyclic) bond motifs is 9. The minimum atomic E-state index is -0.306. The molecule has 60 heavy (non-hydrogen) atoms. The lowest BCUT2D eigenvalue weighted by Crippen LogP contribution is -2.25. The van der Waals surface area contributed by atoms with Crippen molar-refractivity contribution < 1.29 is 0 Å². The Labute approximate surface area is 353 Å². The highest BCUT2D eigenvalue weighted by Crippen LogP contribution is 2.61. The second-order valence-electron chi connectivity index (χ2n) is 17.7. The van der Waals surface area contributed by atoms with Crippen LogP contribution >= 0.6 is 0 Å². The van der Waals surface area contributed by atoms with E-state index in [1.807, 2.05) is 0 Å². The van der Waals surface area contributed by atoms with E-state index in [9.17, 15) is 0 Å². The maximum atomic E-state index is 5.43. The van der Waals surface area contributed by atoms with Crippen LogP contribution in [0.25, 0.3) is 43.9 Å². The average molecular weight is 774 g/mol. The molecule has 2 aliphatic carbocycles. The maximum Gasteiger partial charge on any atom is 0.0752 e. The lowest BCUT2D eigenvalue weighted by molar-refractivity contribution is 0.599. The molecule has 3 heteroatoms. The predicted octanol–water partition coefficient (Wildman–Crippen LogP) is 15.6. The van der Waals surface area contributed by atoms with Crippen LogP contribution in [0.3, 0.4) is 0 Å². The standard InChI is InChI=1S/C57H47N3/c1-36-31-42(59(40-23-9-7-10-24-40)49-29-17-21-38-19-13-15-27-44(38)49)33-47-51(36)46-35-58-55-52-37(2)32-43(34-48(52)57(5,6)54(55)53(46)56(47,3)4)60(41-25-11-8-12-26-41)50-30-18-22-39-20-14-16-28-45(39)50/h7-35H,1-6H3. The molecule has 0 amide bonds. The van der Waals surface area contributed by atoms with Crippen LogP contribution in [0, 0.1) is 13.8 Å². The topological polar surface area (TPSA) is 19.4 Å². The van der Waals surface area contributed by atoms with Gasteiger partial charge in [-0.1, -0.05) is 137 Å². The number of hydrogen-bond acceptors (Lipinski definition) is 3. The number of rotatable bonds is 6. The van der Waals surface area contributed by atoms with Crippen molar-refractivity contribution in [1.29, 1.82) is 0 Å². The molecule has 11 rings (SSSR count). The van der Waals surface area contributed by atoms with Gasteiger partial charge >= 0.3 is 0 Å². The van der Waals surface area contributed by atoms with Gasteiger partial charge in [0, 0.05) is 61.7 Å². The molecule has 2 aliphatic rings. The molecule has 0 N–H and O–H groups in total. The molecule has 0 saturated carbocycles. The second kappa shape index (κ2) is 13.3. The normalized spacial score (nSPS) is 14.1. The SMILES string of the molecule is Cc1cc(N(c2ccccc2)c2cccc3ccccc23)cc2c1-c1cnc3c(c1C2(C)C)C(C)(C)c1cc(N(c2ccccc2)c2cccc4ccccc24)cc(C)c1-3. The molecule has 0 saturated heterocycles. The minimum absolute atomic E-state index is 0.283. The van der Waals surface area contributed by atoms with Gasteiger partial charge in [0.25, 0.3) is 0 Å². The maximum absolute atomic E-state index is 5.43. The van der Waals surface area contributed by atoms with Crippen molar-refractivity contribution in [3.8, 4) is 22.4 Å². The van der Waals surface area contributed by atoms with Gasteiger partial charge in [-0.15, -0.1) is 0 Å². The Morgan fingerprint density at radius 1 is 0.417 bits per heavy atom. The molecule has 0 unspecified atom stereocenters. The first-order valence-electron chi connectivity index (χ1n) is 21.1. The van der Waals surface area contributed by atoms with Gasteiger partial charge in [0.2, 0.25) is 0 Å². The first-order valence-corrected chi connectivity index (χ1v) is 21.1. The molecule has 290 valence electrons. The van der Waals surface area contributed by atoms with Crippen molar-refractivity contribution in [2.45, 2.75) is 52.4 Å². The number of benzene rings is 8. The van der Waals surface area contributed by atoms with Crippen molar-refractivity contribution in [1.82, 2.24) is 4.98 Å². The number of aryl methyl sites for hydroxylation is 2. The molecular formula is C57H47N3. The molecule has 0 aliphatic heterocycles. The van der Waals surface area contributed by atoms with E-state index in [0.29, 0.717) is 0 Å². The summed E-state index contributed by atoms with van der Waals surface area (Å²) < 4.78 is 0. The zero-order valence-corrected chi connectivity index (χ0v) is 35.1. The summed E-state index contributed by atoms with van der Waals surface area (Å²) in [5.74, 6) is 0. The molecule has 0 atom stereocenters. The van der Waals surface area contributed by atoms with E-state index in [2.05, 4.69) is 227 Å². The highest BCUT2D eigenvalue weighted by atomic mass is 15.1. The Morgan fingerprint density at radius 3 is 1.38 bits per heavy atom. The van der Waals surface area contributed by atoms with Gasteiger partial charge in [0.1, 0.15) is 0 Å². The van der Waals surface area contributed by atoms with E-state index in [1.54, 1.807) is 0 Å². The minimum Gasteiger partial charge on any atom is -0.310 e. The molecule has 0 fully saturated rings. The van der Waals surface area contributed by atoms with Gasteiger partial charge < -0.3 is 9.80 Å². The summed E-state index contributed by atoms with van der Waals surface area (Å²) in [6.45, 7) is 14.3. The predicted molar refractivity (Wildman–Crippen MR) is 253 cm³/mol. The fourth-order valence-corrected chi connectivity index (χ4v) is 10.7. The lowest BCUT2D eigenvalue weighted by atomic mass is 9.73. The number of anilines is 6. The molecular weight excluding hydrogens is 727 g/mol. The summed E-state index contributed by atoms with van der Waals surface area (Å²) in [7, 11) is 0. The number of pyridine rings is 1. The van der Waals surface area contributed by atoms with E-state index in [4.69, 9.17) is 4.98 Å². The van der Waals surface area contributed by atoms with Gasteiger partial charge in [-0.3, -0.25) is 4.98 Å². The van der Waals surface area contributed by atoms with Crippen molar-refractivity contribution in [2.24, 2.45) is 0 Å². The van der Waals surface area contributed by atoms with Gasteiger partial charge in [-0.25, -0.2) is 0 Å². The van der Waals surface area contributed by atoms with Crippen LogP contribution in [0.4, 0.5) is 34.1 Å². The monoisotopic (exact) mass is 773 g/mol. The van der Waals surface area contributed by atoms with E-state index < -0.39 is 0 Å². The number of aromatic nitrogens is 1. The van der Waals surface area contributed by atoms with Crippen molar-refractivity contribution in [3.63, 3.8) is 0 Å². The van der Waals surface area contributed by atoms with Crippen LogP contribution in [0.15, 0.2) is 176 Å². The van der Waals surface area contributed by atoms with Crippen LogP contribution in [0.1, 0.15) is 61.1 Å². The third kappa shape index (κ3) is 5.25. The second-order valence-corrected chi connectivity index (χ2v) is 17.7. The Balaban J connectivity index is 1.08. The van der Waals surface area contributed by atoms with Gasteiger partial charge in [-0.05, 0) is 124 Å². The summed E-state index contributed by atoms with van der Waals surface area (Å²) in [5.41, 5.74) is 19.2. The number of nitrogens with zero attached hydrogens (tertiary/aromatic N) is 3. The van der Waals surface area contributed by atoms with Crippen LogP contribution in [0.2, 0.25) is 0 Å². The third-order valence-electron chi connectivity index (χ3n) is 13.4. The quantitative estimate of drug-likeness (QED) is 0.168. The smallest absolute Gasteiger partial charge is 0.0752 e. The summed E-state index contributed by atoms with van der Waals surface area (Å²) in [5, 5.41) is 4.91. The highest BCUT2D eigenvalue weighted by molar-refractivity contribution is 6.02. The first kappa shape index (κ1) is 36.1. The highest BCUT2D eigenvalue weighted by Gasteiger charge is 2.48. The fraction of sp³-hybridized carbons (Fsp3) is 0.140. The molecule has 0 radical (unpaired) electrons. The summed E-state index contributed by atoms with van der Waals surface area (Å²) in [6, 6.07) is 61.9. The van der Waals surface area contributed by atoms with E-state index in [1.165, 1.54) is 83.0 Å². The molecule has 1 heterocycles. The molecule has 0 bridgehead atoms. The number of para-hydroxylation sites is 2. The van der Waals surface area contributed by atoms with E-state index in [-0.39, 0.29) is 10.8 Å². The summed E-state index contributed by atoms with van der Waals surface area (Å²) >= 11 is 0. The van der Waals surface area contributed by atoms with Crippen LogP contribution in [-0.2, 0) is 10.8 Å². The van der Waals surface area contributed by atoms with Crippen molar-refractivity contribution >= 4 is 55.7 Å². The Morgan fingerprint density at radius 2 is 0.850 bits per heavy atom. The Kier molecular flexibility index (Phi) is 7.99. The molecule has 3 nitrogen and oxygen atoms in total. The Bertz CT molecular complexity index is 2950. The average Bonchev–Trinajstić information content (AvgIpc) is 3.64. The van der Waals surface area contributed by atoms with Gasteiger partial charge in [0.05, 0.1) is 17.1 Å². The zero-order chi connectivity index (χ0) is 40.9. The largest absolute Gasteiger partial charge is 0.310 e. The molecule has 8 aromatic carbocycles. The fourth-order valence-electron chi connectivity index (χ4n) is 10.7. The third-order valence-corrected chi connectivity index (χ3v) is 13.4. The molecule has 0 spiro atoms. The van der Waals surface area contributed by atoms with Crippen LogP contribution < -0.4 is 9.80 Å². The van der Waals surface area contributed by atoms with Crippen molar-refractivity contribution in [2.75, 3.05) is 9.80 Å². The van der Waals surface area contributed by atoms with E-state index in [0.717, 1.165) is 28.4 Å². The van der Waals surface area contributed by atoms with Crippen LogP contribution in [-0.4, -0.2) is 4.98 Å². The summed E-state index contributed by atoms with van der Waals surface area (Å²) in [6.07, 6.45) is 2.18. The Hall–Kier alpha value is -6.97.